The molecule has 0 bridgehead atoms. The van der Waals surface area contributed by atoms with Crippen LogP contribution in [0.15, 0.2) is 36.4 Å². The summed E-state index contributed by atoms with van der Waals surface area (Å²) >= 11 is 5.85. The zero-order valence-corrected chi connectivity index (χ0v) is 15.7. The van der Waals surface area contributed by atoms with Crippen molar-refractivity contribution < 1.29 is 4.79 Å². The van der Waals surface area contributed by atoms with Gasteiger partial charge in [0.2, 0.25) is 11.9 Å². The molecule has 1 amide bonds. The van der Waals surface area contributed by atoms with E-state index in [0.717, 1.165) is 36.0 Å². The Balaban J connectivity index is 1.59. The third-order valence-electron chi connectivity index (χ3n) is 4.28. The number of amides is 1. The zero-order chi connectivity index (χ0) is 18.4. The van der Waals surface area contributed by atoms with Crippen molar-refractivity contribution in [2.45, 2.75) is 32.7 Å². The Bertz CT molecular complexity index is 783. The molecule has 5 nitrogen and oxygen atoms in total. The lowest BCUT2D eigenvalue weighted by molar-refractivity contribution is -0.116. The van der Waals surface area contributed by atoms with Gasteiger partial charge in [0, 0.05) is 29.9 Å². The van der Waals surface area contributed by atoms with Gasteiger partial charge >= 0.3 is 0 Å². The van der Waals surface area contributed by atoms with Crippen LogP contribution in [0.1, 0.15) is 36.2 Å². The Morgan fingerprint density at radius 1 is 1.19 bits per heavy atom. The van der Waals surface area contributed by atoms with E-state index in [2.05, 4.69) is 20.2 Å². The van der Waals surface area contributed by atoms with Gasteiger partial charge < -0.3 is 10.2 Å². The number of carbonyl (C=O) groups excluding carboxylic acids is 1. The van der Waals surface area contributed by atoms with Crippen molar-refractivity contribution in [2.75, 3.05) is 18.0 Å². The fraction of sp³-hybridized carbons (Fsp3) is 0.350. The summed E-state index contributed by atoms with van der Waals surface area (Å²) in [5.41, 5.74) is 2.67. The largest absolute Gasteiger partial charge is 0.347 e. The lowest BCUT2D eigenvalue weighted by atomic mass is 10.1. The van der Waals surface area contributed by atoms with E-state index in [0.29, 0.717) is 11.6 Å². The second-order valence-electron chi connectivity index (χ2n) is 6.45. The van der Waals surface area contributed by atoms with E-state index in [1.807, 2.05) is 25.1 Å². The Hall–Kier alpha value is -2.40. The first-order valence-electron chi connectivity index (χ1n) is 8.91. The quantitative estimate of drug-likeness (QED) is 0.814. The van der Waals surface area contributed by atoms with Crippen molar-refractivity contribution >= 4 is 29.5 Å². The number of carbonyl (C=O) groups is 1. The summed E-state index contributed by atoms with van der Waals surface area (Å²) in [4.78, 5) is 23.4. The predicted molar refractivity (Wildman–Crippen MR) is 105 cm³/mol. The van der Waals surface area contributed by atoms with E-state index < -0.39 is 0 Å². The predicted octanol–water partition coefficient (Wildman–Crippen LogP) is 3.76. The third-order valence-corrected chi connectivity index (χ3v) is 4.53. The number of rotatable bonds is 5. The van der Waals surface area contributed by atoms with Crippen molar-refractivity contribution in [1.82, 2.24) is 15.3 Å². The molecule has 1 aromatic heterocycles. The highest BCUT2D eigenvalue weighted by molar-refractivity contribution is 6.30. The van der Waals surface area contributed by atoms with Crippen molar-refractivity contribution in [1.29, 1.82) is 0 Å². The van der Waals surface area contributed by atoms with Gasteiger partial charge in [0.15, 0.2) is 0 Å². The molecule has 26 heavy (non-hydrogen) atoms. The summed E-state index contributed by atoms with van der Waals surface area (Å²) in [7, 11) is 0. The van der Waals surface area contributed by atoms with Crippen LogP contribution in [0.3, 0.4) is 0 Å². The number of aryl methyl sites for hydroxylation is 1. The number of piperidine rings is 1. The number of aromatic nitrogens is 2. The number of anilines is 1. The van der Waals surface area contributed by atoms with Crippen LogP contribution in [-0.4, -0.2) is 29.0 Å². The van der Waals surface area contributed by atoms with Crippen molar-refractivity contribution in [2.24, 2.45) is 0 Å². The Morgan fingerprint density at radius 3 is 2.65 bits per heavy atom. The van der Waals surface area contributed by atoms with E-state index in [1.165, 1.54) is 25.3 Å². The Morgan fingerprint density at radius 2 is 1.92 bits per heavy atom. The lowest BCUT2D eigenvalue weighted by Gasteiger charge is -2.27. The molecule has 3 rings (SSSR count). The summed E-state index contributed by atoms with van der Waals surface area (Å²) in [6.45, 7) is 4.34. The highest BCUT2D eigenvalue weighted by Crippen LogP contribution is 2.16. The van der Waals surface area contributed by atoms with Gasteiger partial charge in [-0.2, -0.15) is 0 Å². The molecule has 1 aromatic carbocycles. The summed E-state index contributed by atoms with van der Waals surface area (Å²) < 4.78 is 0. The number of hydrogen-bond donors (Lipinski definition) is 1. The van der Waals surface area contributed by atoms with Gasteiger partial charge in [-0.15, -0.1) is 0 Å². The fourth-order valence-electron chi connectivity index (χ4n) is 2.93. The first-order valence-corrected chi connectivity index (χ1v) is 9.29. The number of benzene rings is 1. The second kappa shape index (κ2) is 8.81. The molecule has 1 saturated heterocycles. The number of nitrogens with zero attached hydrogens (tertiary/aromatic N) is 3. The normalized spacial score (nSPS) is 14.6. The maximum atomic E-state index is 12.1. The van der Waals surface area contributed by atoms with Crippen LogP contribution < -0.4 is 10.2 Å². The fourth-order valence-corrected chi connectivity index (χ4v) is 3.05. The molecule has 1 aliphatic heterocycles. The summed E-state index contributed by atoms with van der Waals surface area (Å²) in [6, 6.07) is 9.24. The van der Waals surface area contributed by atoms with Crippen LogP contribution in [0, 0.1) is 6.92 Å². The minimum Gasteiger partial charge on any atom is -0.347 e. The molecule has 1 N–H and O–H groups in total. The Labute approximate surface area is 159 Å². The van der Waals surface area contributed by atoms with Crippen molar-refractivity contribution in [3.8, 4) is 0 Å². The van der Waals surface area contributed by atoms with Crippen molar-refractivity contribution in [3.05, 3.63) is 58.4 Å². The van der Waals surface area contributed by atoms with Gasteiger partial charge in [-0.3, -0.25) is 4.79 Å². The highest BCUT2D eigenvalue weighted by atomic mass is 35.5. The van der Waals surface area contributed by atoms with Crippen LogP contribution in [0.2, 0.25) is 5.02 Å². The molecule has 1 aliphatic rings. The number of hydrogen-bond acceptors (Lipinski definition) is 4. The smallest absolute Gasteiger partial charge is 0.244 e. The molecule has 0 atom stereocenters. The van der Waals surface area contributed by atoms with E-state index >= 15 is 0 Å². The van der Waals surface area contributed by atoms with Crippen LogP contribution in [0.4, 0.5) is 5.95 Å². The molecule has 0 radical (unpaired) electrons. The molecule has 0 unspecified atom stereocenters. The minimum absolute atomic E-state index is 0.157. The average Bonchev–Trinajstić information content (AvgIpc) is 2.66. The summed E-state index contributed by atoms with van der Waals surface area (Å²) in [6.07, 6.45) is 6.90. The summed E-state index contributed by atoms with van der Waals surface area (Å²) in [5.74, 6) is 0.612. The zero-order valence-electron chi connectivity index (χ0n) is 14.9. The SMILES string of the molecule is Cc1cc(CNC(=O)/C=C/c2ccc(Cl)cc2)nc(N2CCCCC2)n1. The minimum atomic E-state index is -0.157. The Kier molecular flexibility index (Phi) is 6.23. The molecular weight excluding hydrogens is 348 g/mol. The van der Waals surface area contributed by atoms with Gasteiger partial charge in [-0.1, -0.05) is 23.7 Å². The molecule has 0 saturated carbocycles. The van der Waals surface area contributed by atoms with E-state index in [4.69, 9.17) is 11.6 Å². The van der Waals surface area contributed by atoms with Gasteiger partial charge in [0.25, 0.3) is 0 Å². The van der Waals surface area contributed by atoms with E-state index in [1.54, 1.807) is 18.2 Å². The van der Waals surface area contributed by atoms with Gasteiger partial charge in [0.05, 0.1) is 12.2 Å². The molecule has 6 heteroatoms. The molecule has 2 aromatic rings. The molecule has 136 valence electrons. The standard InChI is InChI=1S/C20H23ClN4O/c1-15-13-18(24-20(23-15)25-11-3-2-4-12-25)14-22-19(26)10-7-16-5-8-17(21)9-6-16/h5-10,13H,2-4,11-12,14H2,1H3,(H,22,26)/b10-7+. The average molecular weight is 371 g/mol. The van der Waals surface area contributed by atoms with Crippen LogP contribution in [-0.2, 0) is 11.3 Å². The van der Waals surface area contributed by atoms with Gasteiger partial charge in [-0.05, 0) is 56.0 Å². The van der Waals surface area contributed by atoms with Gasteiger partial charge in [0.1, 0.15) is 0 Å². The van der Waals surface area contributed by atoms with E-state index in [9.17, 15) is 4.79 Å². The molecule has 0 spiro atoms. The van der Waals surface area contributed by atoms with Crippen LogP contribution in [0.25, 0.3) is 6.08 Å². The highest BCUT2D eigenvalue weighted by Gasteiger charge is 2.14. The van der Waals surface area contributed by atoms with Crippen molar-refractivity contribution in [3.63, 3.8) is 0 Å². The number of halogens is 1. The van der Waals surface area contributed by atoms with Crippen LogP contribution >= 0.6 is 11.6 Å². The van der Waals surface area contributed by atoms with Crippen LogP contribution in [0.5, 0.6) is 0 Å². The molecule has 1 fully saturated rings. The first kappa shape index (κ1) is 18.4. The lowest BCUT2D eigenvalue weighted by Crippen LogP contribution is -2.31. The van der Waals surface area contributed by atoms with E-state index in [-0.39, 0.29) is 5.91 Å². The third kappa shape index (κ3) is 5.30. The maximum absolute atomic E-state index is 12.1. The van der Waals surface area contributed by atoms with Gasteiger partial charge in [-0.25, -0.2) is 9.97 Å². The molecule has 0 aliphatic carbocycles. The topological polar surface area (TPSA) is 58.1 Å². The second-order valence-corrected chi connectivity index (χ2v) is 6.89. The molecular formula is C20H23ClN4O. The molecule has 2 heterocycles. The maximum Gasteiger partial charge on any atom is 0.244 e. The first-order chi connectivity index (χ1) is 12.6. The number of nitrogens with one attached hydrogen (secondary N) is 1. The monoisotopic (exact) mass is 370 g/mol. The summed E-state index contributed by atoms with van der Waals surface area (Å²) in [5, 5.41) is 3.55.